The molecule has 0 aliphatic rings. The van der Waals surface area contributed by atoms with E-state index < -0.39 is 11.2 Å². The van der Waals surface area contributed by atoms with Crippen molar-refractivity contribution in [3.8, 4) is 0 Å². The highest BCUT2D eigenvalue weighted by atomic mass is 16.5. The quantitative estimate of drug-likeness (QED) is 0.741. The van der Waals surface area contributed by atoms with E-state index in [9.17, 15) is 9.59 Å². The van der Waals surface area contributed by atoms with Crippen LogP contribution in [0.15, 0.2) is 20.5 Å². The molecule has 0 unspecified atom stereocenters. The highest BCUT2D eigenvalue weighted by molar-refractivity contribution is 5.60. The van der Waals surface area contributed by atoms with Crippen LogP contribution in [0.5, 0.6) is 0 Å². The van der Waals surface area contributed by atoms with Gasteiger partial charge in [0.25, 0.3) is 5.56 Å². The summed E-state index contributed by atoms with van der Waals surface area (Å²) < 4.78 is 7.06. The number of hydrogen-bond donors (Lipinski definition) is 2. The van der Waals surface area contributed by atoms with Crippen molar-refractivity contribution in [2.75, 3.05) is 17.6 Å². The maximum atomic E-state index is 12.1. The second-order valence-electron chi connectivity index (χ2n) is 4.58. The lowest BCUT2D eigenvalue weighted by molar-refractivity contribution is 0.410. The maximum Gasteiger partial charge on any atom is 0.332 e. The van der Waals surface area contributed by atoms with Crippen molar-refractivity contribution in [1.29, 1.82) is 0 Å². The molecule has 114 valence electrons. The van der Waals surface area contributed by atoms with E-state index in [1.165, 1.54) is 18.0 Å². The Hall–Kier alpha value is -2.58. The highest BCUT2D eigenvalue weighted by Gasteiger charge is 2.14. The lowest BCUT2D eigenvalue weighted by Gasteiger charge is -2.15. The molecule has 0 radical (unpaired) electrons. The van der Waals surface area contributed by atoms with Gasteiger partial charge < -0.3 is 15.6 Å². The molecule has 2 heterocycles. The van der Waals surface area contributed by atoms with Crippen LogP contribution in [0.1, 0.15) is 19.2 Å². The average Bonchev–Trinajstić information content (AvgIpc) is 2.98. The summed E-state index contributed by atoms with van der Waals surface area (Å²) in [6.45, 7) is 2.79. The van der Waals surface area contributed by atoms with Gasteiger partial charge in [-0.15, -0.1) is 0 Å². The Morgan fingerprint density at radius 1 is 1.43 bits per heavy atom. The second-order valence-corrected chi connectivity index (χ2v) is 4.58. The van der Waals surface area contributed by atoms with Gasteiger partial charge in [-0.1, -0.05) is 12.1 Å². The number of hydrogen-bond acceptors (Lipinski definition) is 7. The van der Waals surface area contributed by atoms with Crippen molar-refractivity contribution in [2.24, 2.45) is 7.05 Å². The minimum absolute atomic E-state index is 0.151. The van der Waals surface area contributed by atoms with Gasteiger partial charge in [0.15, 0.2) is 5.82 Å². The van der Waals surface area contributed by atoms with Crippen molar-refractivity contribution >= 4 is 11.5 Å². The molecular weight excluding hydrogens is 276 g/mol. The van der Waals surface area contributed by atoms with Gasteiger partial charge in [-0.25, -0.2) is 4.79 Å². The normalized spacial score (nSPS) is 10.8. The van der Waals surface area contributed by atoms with Crippen LogP contribution in [0, 0.1) is 0 Å². The van der Waals surface area contributed by atoms with E-state index in [0.29, 0.717) is 25.3 Å². The molecule has 2 aromatic rings. The van der Waals surface area contributed by atoms with Gasteiger partial charge >= 0.3 is 5.69 Å². The Morgan fingerprint density at radius 2 is 2.19 bits per heavy atom. The topological polar surface area (TPSA) is 121 Å². The van der Waals surface area contributed by atoms with E-state index >= 15 is 0 Å². The number of nitrogen functional groups attached to an aromatic ring is 1. The van der Waals surface area contributed by atoms with Crippen LogP contribution in [0.3, 0.4) is 0 Å². The SMILES string of the molecule is CCCn1c(N)c(NCCc2ncon2)c(=O)n(C)c1=O. The van der Waals surface area contributed by atoms with Crippen molar-refractivity contribution in [3.05, 3.63) is 33.1 Å². The summed E-state index contributed by atoms with van der Waals surface area (Å²) in [6, 6.07) is 0. The second kappa shape index (κ2) is 6.25. The van der Waals surface area contributed by atoms with Gasteiger partial charge in [-0.3, -0.25) is 13.9 Å². The van der Waals surface area contributed by atoms with Crippen molar-refractivity contribution in [1.82, 2.24) is 19.3 Å². The molecular formula is C12H18N6O3. The van der Waals surface area contributed by atoms with Gasteiger partial charge in [0.2, 0.25) is 6.39 Å². The van der Waals surface area contributed by atoms with Crippen LogP contribution < -0.4 is 22.3 Å². The third-order valence-electron chi connectivity index (χ3n) is 3.09. The number of nitrogens with one attached hydrogen (secondary N) is 1. The fraction of sp³-hybridized carbons (Fsp3) is 0.500. The van der Waals surface area contributed by atoms with E-state index in [-0.39, 0.29) is 11.5 Å². The van der Waals surface area contributed by atoms with E-state index in [4.69, 9.17) is 5.73 Å². The smallest absolute Gasteiger partial charge is 0.332 e. The fourth-order valence-corrected chi connectivity index (χ4v) is 1.99. The van der Waals surface area contributed by atoms with E-state index in [1.54, 1.807) is 0 Å². The zero-order chi connectivity index (χ0) is 15.4. The first-order valence-corrected chi connectivity index (χ1v) is 6.64. The van der Waals surface area contributed by atoms with Crippen LogP contribution in [-0.2, 0) is 20.0 Å². The minimum atomic E-state index is -0.446. The first-order valence-electron chi connectivity index (χ1n) is 6.64. The highest BCUT2D eigenvalue weighted by Crippen LogP contribution is 2.11. The van der Waals surface area contributed by atoms with E-state index in [1.807, 2.05) is 6.92 Å². The molecule has 0 bridgehead atoms. The molecule has 0 spiro atoms. The summed E-state index contributed by atoms with van der Waals surface area (Å²) in [5, 5.41) is 6.62. The van der Waals surface area contributed by atoms with Crippen LogP contribution in [0.25, 0.3) is 0 Å². The molecule has 0 aliphatic carbocycles. The molecule has 2 aromatic heterocycles. The Bertz CT molecular complexity index is 716. The lowest BCUT2D eigenvalue weighted by atomic mass is 10.3. The summed E-state index contributed by atoms with van der Waals surface area (Å²) in [4.78, 5) is 28.0. The van der Waals surface area contributed by atoms with E-state index in [2.05, 4.69) is 20.0 Å². The van der Waals surface area contributed by atoms with Gasteiger partial charge in [0, 0.05) is 26.6 Å². The lowest BCUT2D eigenvalue weighted by Crippen LogP contribution is -2.41. The number of aromatic nitrogens is 4. The predicted octanol–water partition coefficient (Wildman–Crippen LogP) is -0.423. The zero-order valence-corrected chi connectivity index (χ0v) is 12.0. The maximum absolute atomic E-state index is 12.1. The molecule has 0 atom stereocenters. The molecule has 0 aromatic carbocycles. The summed E-state index contributed by atoms with van der Waals surface area (Å²) in [7, 11) is 1.43. The average molecular weight is 294 g/mol. The number of rotatable bonds is 6. The van der Waals surface area contributed by atoms with Crippen molar-refractivity contribution < 1.29 is 4.52 Å². The standard InChI is InChI=1S/C12H18N6O3/c1-3-6-18-10(13)9(11(19)17(2)12(18)20)14-5-4-8-15-7-21-16-8/h7,14H,3-6,13H2,1-2H3. The van der Waals surface area contributed by atoms with E-state index in [0.717, 1.165) is 11.0 Å². The molecule has 9 heteroatoms. The molecule has 2 rings (SSSR count). The molecule has 0 fully saturated rings. The largest absolute Gasteiger partial charge is 0.383 e. The molecule has 0 amide bonds. The van der Waals surface area contributed by atoms with Crippen LogP contribution >= 0.6 is 0 Å². The zero-order valence-electron chi connectivity index (χ0n) is 12.0. The molecule has 0 saturated heterocycles. The molecule has 9 nitrogen and oxygen atoms in total. The molecule has 21 heavy (non-hydrogen) atoms. The van der Waals surface area contributed by atoms with Gasteiger partial charge in [0.05, 0.1) is 0 Å². The number of nitrogens with two attached hydrogens (primary N) is 1. The van der Waals surface area contributed by atoms with Crippen molar-refractivity contribution in [2.45, 2.75) is 26.3 Å². The summed E-state index contributed by atoms with van der Waals surface area (Å²) in [5.41, 5.74) is 5.29. The third-order valence-corrected chi connectivity index (χ3v) is 3.09. The van der Waals surface area contributed by atoms with Gasteiger partial charge in [-0.2, -0.15) is 4.98 Å². The molecule has 3 N–H and O–H groups in total. The minimum Gasteiger partial charge on any atom is -0.383 e. The number of anilines is 2. The van der Waals surface area contributed by atoms with Crippen molar-refractivity contribution in [3.63, 3.8) is 0 Å². The van der Waals surface area contributed by atoms with Crippen LogP contribution in [-0.4, -0.2) is 25.8 Å². The Labute approximate surface area is 120 Å². The number of nitrogens with zero attached hydrogens (tertiary/aromatic N) is 4. The summed E-state index contributed by atoms with van der Waals surface area (Å²) >= 11 is 0. The predicted molar refractivity (Wildman–Crippen MR) is 77.1 cm³/mol. The van der Waals surface area contributed by atoms with Crippen LogP contribution in [0.4, 0.5) is 11.5 Å². The van der Waals surface area contributed by atoms with Gasteiger partial charge in [0.1, 0.15) is 11.5 Å². The first-order chi connectivity index (χ1) is 10.1. The Morgan fingerprint density at radius 3 is 2.81 bits per heavy atom. The molecule has 0 aliphatic heterocycles. The van der Waals surface area contributed by atoms with Crippen LogP contribution in [0.2, 0.25) is 0 Å². The Balaban J connectivity index is 2.26. The summed E-state index contributed by atoms with van der Waals surface area (Å²) in [5.74, 6) is 0.679. The van der Waals surface area contributed by atoms with Gasteiger partial charge in [-0.05, 0) is 6.42 Å². The monoisotopic (exact) mass is 294 g/mol. The Kier molecular flexibility index (Phi) is 4.41. The summed E-state index contributed by atoms with van der Waals surface area (Å²) in [6.07, 6.45) is 2.46. The fourth-order valence-electron chi connectivity index (χ4n) is 1.99. The third kappa shape index (κ3) is 2.96. The first kappa shape index (κ1) is 14.8. The molecule has 0 saturated carbocycles.